The minimum absolute atomic E-state index is 0.0999. The maximum Gasteiger partial charge on any atom is 0.114 e. The molecule has 5 heteroatoms. The van der Waals surface area contributed by atoms with Gasteiger partial charge >= 0.3 is 0 Å². The number of hydrogen-bond donors (Lipinski definition) is 3. The zero-order valence-electron chi connectivity index (χ0n) is 20.1. The molecule has 0 spiro atoms. The molecule has 184 valence electrons. The molecule has 0 aromatic rings. The highest BCUT2D eigenvalue weighted by atomic mass is 16.6. The lowest BCUT2D eigenvalue weighted by Gasteiger charge is -2.24. The lowest BCUT2D eigenvalue weighted by Crippen LogP contribution is -2.42. The van der Waals surface area contributed by atoms with Gasteiger partial charge in [-0.3, -0.25) is 0 Å². The molecule has 1 aliphatic heterocycles. The van der Waals surface area contributed by atoms with Crippen LogP contribution in [0, 0.1) is 0 Å². The van der Waals surface area contributed by atoms with Gasteiger partial charge in [-0.05, 0) is 25.7 Å². The fraction of sp³-hybridized carbons (Fsp3) is 0.923. The molecular weight excluding hydrogens is 392 g/mol. The van der Waals surface area contributed by atoms with Gasteiger partial charge in [0.25, 0.3) is 0 Å². The van der Waals surface area contributed by atoms with Crippen molar-refractivity contribution in [2.45, 2.75) is 134 Å². The van der Waals surface area contributed by atoms with Gasteiger partial charge in [-0.2, -0.15) is 0 Å². The van der Waals surface area contributed by atoms with E-state index in [2.05, 4.69) is 19.1 Å². The summed E-state index contributed by atoms with van der Waals surface area (Å²) in [5.74, 6) is 0. The van der Waals surface area contributed by atoms with Crippen LogP contribution in [-0.4, -0.2) is 59.6 Å². The van der Waals surface area contributed by atoms with Crippen molar-refractivity contribution in [1.82, 2.24) is 0 Å². The third-order valence-corrected chi connectivity index (χ3v) is 6.21. The number of aliphatic hydroxyl groups excluding tert-OH is 3. The maximum atomic E-state index is 9.85. The minimum atomic E-state index is -0.977. The number of hydrogen-bond acceptors (Lipinski definition) is 5. The van der Waals surface area contributed by atoms with E-state index < -0.39 is 24.4 Å². The first-order valence-corrected chi connectivity index (χ1v) is 13.1. The summed E-state index contributed by atoms with van der Waals surface area (Å²) in [4.78, 5) is 0. The number of unbranched alkanes of at least 4 members (excludes halogenated alkanes) is 14. The normalized spacial score (nSPS) is 22.5. The second-order valence-electron chi connectivity index (χ2n) is 9.09. The van der Waals surface area contributed by atoms with Crippen molar-refractivity contribution < 1.29 is 24.8 Å². The molecule has 1 rings (SSSR count). The summed E-state index contributed by atoms with van der Waals surface area (Å²) < 4.78 is 11.0. The number of rotatable bonds is 21. The Morgan fingerprint density at radius 2 is 1.32 bits per heavy atom. The summed E-state index contributed by atoms with van der Waals surface area (Å²) >= 11 is 0. The van der Waals surface area contributed by atoms with Crippen molar-refractivity contribution in [2.24, 2.45) is 0 Å². The van der Waals surface area contributed by atoms with E-state index in [9.17, 15) is 15.3 Å². The lowest BCUT2D eigenvalue weighted by molar-refractivity contribution is -0.101. The molecule has 1 saturated heterocycles. The van der Waals surface area contributed by atoms with E-state index in [4.69, 9.17) is 9.47 Å². The Labute approximate surface area is 191 Å². The van der Waals surface area contributed by atoms with Crippen molar-refractivity contribution in [3.05, 3.63) is 12.2 Å². The van der Waals surface area contributed by atoms with E-state index in [0.717, 1.165) is 12.8 Å². The number of ether oxygens (including phenoxy) is 2. The van der Waals surface area contributed by atoms with E-state index >= 15 is 0 Å². The predicted octanol–water partition coefficient (Wildman–Crippen LogP) is 5.30. The Kier molecular flexibility index (Phi) is 18.6. The summed E-state index contributed by atoms with van der Waals surface area (Å²) in [6.07, 6.45) is 22.3. The number of aliphatic hydroxyl groups is 3. The molecule has 3 N–H and O–H groups in total. The molecule has 31 heavy (non-hydrogen) atoms. The summed E-state index contributed by atoms with van der Waals surface area (Å²) in [6, 6.07) is 0. The summed E-state index contributed by atoms with van der Waals surface area (Å²) in [5, 5.41) is 28.8. The molecule has 0 aromatic heterocycles. The topological polar surface area (TPSA) is 79.2 Å². The molecule has 0 aromatic carbocycles. The van der Waals surface area contributed by atoms with Crippen molar-refractivity contribution in [1.29, 1.82) is 0 Å². The van der Waals surface area contributed by atoms with Gasteiger partial charge in [0.05, 0.1) is 13.2 Å². The van der Waals surface area contributed by atoms with Crippen LogP contribution in [0.1, 0.15) is 110 Å². The smallest absolute Gasteiger partial charge is 0.114 e. The first-order valence-electron chi connectivity index (χ1n) is 13.1. The van der Waals surface area contributed by atoms with Crippen LogP contribution < -0.4 is 0 Å². The number of allylic oxidation sites excluding steroid dienone is 2. The highest BCUT2D eigenvalue weighted by Gasteiger charge is 2.40. The van der Waals surface area contributed by atoms with Gasteiger partial charge in [0.1, 0.15) is 24.4 Å². The van der Waals surface area contributed by atoms with Crippen LogP contribution >= 0.6 is 0 Å². The Balaban J connectivity index is 1.80. The van der Waals surface area contributed by atoms with Crippen molar-refractivity contribution >= 4 is 0 Å². The van der Waals surface area contributed by atoms with Gasteiger partial charge in [0.2, 0.25) is 0 Å². The third kappa shape index (κ3) is 14.3. The average molecular weight is 443 g/mol. The van der Waals surface area contributed by atoms with Crippen LogP contribution in [0.2, 0.25) is 0 Å². The minimum Gasteiger partial charge on any atom is -0.394 e. The molecule has 1 fully saturated rings. The molecule has 0 unspecified atom stereocenters. The van der Waals surface area contributed by atoms with Crippen LogP contribution in [-0.2, 0) is 9.47 Å². The maximum absolute atomic E-state index is 9.85. The fourth-order valence-corrected chi connectivity index (χ4v) is 4.15. The summed E-state index contributed by atoms with van der Waals surface area (Å²) in [7, 11) is 0. The predicted molar refractivity (Wildman–Crippen MR) is 127 cm³/mol. The molecule has 0 radical (unpaired) electrons. The van der Waals surface area contributed by atoms with E-state index in [1.165, 1.54) is 89.9 Å². The molecule has 5 nitrogen and oxygen atoms in total. The summed E-state index contributed by atoms with van der Waals surface area (Å²) in [5.41, 5.74) is 0. The molecule has 0 bridgehead atoms. The average Bonchev–Trinajstić information content (AvgIpc) is 3.11. The Morgan fingerprint density at radius 1 is 0.806 bits per heavy atom. The second-order valence-corrected chi connectivity index (χ2v) is 9.09. The zero-order valence-corrected chi connectivity index (χ0v) is 20.1. The highest BCUT2D eigenvalue weighted by molar-refractivity contribution is 4.88. The Hall–Kier alpha value is -0.460. The van der Waals surface area contributed by atoms with Crippen LogP contribution in [0.4, 0.5) is 0 Å². The van der Waals surface area contributed by atoms with Gasteiger partial charge in [-0.25, -0.2) is 0 Å². The lowest BCUT2D eigenvalue weighted by atomic mass is 10.0. The van der Waals surface area contributed by atoms with E-state index in [0.29, 0.717) is 6.61 Å². The van der Waals surface area contributed by atoms with Crippen LogP contribution in [0.3, 0.4) is 0 Å². The molecular formula is C26H50O5. The van der Waals surface area contributed by atoms with Crippen LogP contribution in [0.15, 0.2) is 12.2 Å². The Morgan fingerprint density at radius 3 is 1.81 bits per heavy atom. The highest BCUT2D eigenvalue weighted by Crippen LogP contribution is 2.20. The largest absolute Gasteiger partial charge is 0.394 e. The Bertz CT molecular complexity index is 415. The monoisotopic (exact) mass is 442 g/mol. The van der Waals surface area contributed by atoms with Gasteiger partial charge in [0, 0.05) is 6.61 Å². The second kappa shape index (κ2) is 20.2. The quantitative estimate of drug-likeness (QED) is 0.166. The zero-order chi connectivity index (χ0) is 22.6. The van der Waals surface area contributed by atoms with Crippen LogP contribution in [0.25, 0.3) is 0 Å². The van der Waals surface area contributed by atoms with Crippen molar-refractivity contribution in [3.8, 4) is 0 Å². The molecule has 4 atom stereocenters. The first-order chi connectivity index (χ1) is 15.2. The van der Waals surface area contributed by atoms with E-state index in [1.807, 2.05) is 0 Å². The fourth-order valence-electron chi connectivity index (χ4n) is 4.15. The van der Waals surface area contributed by atoms with Gasteiger partial charge in [-0.15, -0.1) is 0 Å². The van der Waals surface area contributed by atoms with E-state index in [1.54, 1.807) is 0 Å². The van der Waals surface area contributed by atoms with Crippen molar-refractivity contribution in [3.63, 3.8) is 0 Å². The van der Waals surface area contributed by atoms with Gasteiger partial charge in [0.15, 0.2) is 0 Å². The molecule has 0 amide bonds. The van der Waals surface area contributed by atoms with E-state index in [-0.39, 0.29) is 13.2 Å². The third-order valence-electron chi connectivity index (χ3n) is 6.21. The molecule has 1 heterocycles. The standard InChI is InChI=1S/C26H50O5/c1-2-3-4-5-6-7-8-9-10-11-12-13-14-15-16-17-18-19-20-30-24(21-27)26-25(29)23(28)22-31-26/h4-5,23-29H,2-3,6-22H2,1H3/b5-4+/t23-,24+,25+,26+/m0/s1. The molecule has 0 aliphatic carbocycles. The SMILES string of the molecule is CCC/C=C/CCCCCCCCCCCCCCCO[C@H](CO)[C@H]1OC[C@H](O)[C@H]1O. The van der Waals surface area contributed by atoms with Crippen LogP contribution in [0.5, 0.6) is 0 Å². The van der Waals surface area contributed by atoms with Gasteiger partial charge < -0.3 is 24.8 Å². The van der Waals surface area contributed by atoms with Crippen molar-refractivity contribution in [2.75, 3.05) is 19.8 Å². The molecule has 0 saturated carbocycles. The molecule has 1 aliphatic rings. The van der Waals surface area contributed by atoms with Gasteiger partial charge in [-0.1, -0.05) is 96.1 Å². The summed E-state index contributed by atoms with van der Waals surface area (Å²) in [6.45, 7) is 2.68. The first kappa shape index (κ1) is 28.6.